The molecule has 0 aliphatic carbocycles. The van der Waals surface area contributed by atoms with Crippen molar-refractivity contribution in [3.8, 4) is 5.88 Å². The number of aromatic nitrogens is 2. The van der Waals surface area contributed by atoms with Gasteiger partial charge in [0.05, 0.1) is 0 Å². The molecule has 6 heteroatoms. The number of hydrogen-bond donors (Lipinski definition) is 1. The van der Waals surface area contributed by atoms with Crippen molar-refractivity contribution in [2.45, 2.75) is 6.61 Å². The number of ether oxygens (including phenoxy) is 1. The van der Waals surface area contributed by atoms with Crippen molar-refractivity contribution in [3.63, 3.8) is 0 Å². The summed E-state index contributed by atoms with van der Waals surface area (Å²) in [4.78, 5) is 14.4. The number of carboxylic acid groups (broad SMARTS) is 1. The first-order chi connectivity index (χ1) is 8.65. The van der Waals surface area contributed by atoms with Gasteiger partial charge in [-0.3, -0.25) is 0 Å². The third-order valence-corrected chi connectivity index (χ3v) is 2.17. The van der Waals surface area contributed by atoms with E-state index in [1.54, 1.807) is 0 Å². The summed E-state index contributed by atoms with van der Waals surface area (Å²) >= 11 is 0. The summed E-state index contributed by atoms with van der Waals surface area (Å²) in [5, 5.41) is 19.9. The number of benzene rings is 1. The molecule has 0 saturated carbocycles. The van der Waals surface area contributed by atoms with Crippen LogP contribution in [0.15, 0.2) is 42.7 Å². The van der Waals surface area contributed by atoms with E-state index in [9.17, 15) is 10.0 Å². The molecule has 0 radical (unpaired) electrons. The monoisotopic (exact) mass is 246 g/mol. The van der Waals surface area contributed by atoms with E-state index in [2.05, 4.69) is 4.98 Å². The van der Waals surface area contributed by atoms with Crippen molar-refractivity contribution in [1.29, 1.82) is 0 Å². The van der Waals surface area contributed by atoms with Gasteiger partial charge in [0.25, 0.3) is 5.88 Å². The van der Waals surface area contributed by atoms with Crippen molar-refractivity contribution in [2.24, 2.45) is 0 Å². The predicted molar refractivity (Wildman–Crippen MR) is 60.9 cm³/mol. The molecule has 0 fully saturated rings. The standard InChI is InChI=1S/C12H10N2O4/c15-12(16)10-6-14(17)7-11(13-10)18-8-9-4-2-1-3-5-9/h1-7H,8H2,(H,15,16). The number of rotatable bonds is 4. The fraction of sp³-hybridized carbons (Fsp3) is 0.0833. The number of carboxylic acids is 1. The molecular formula is C12H10N2O4. The Balaban J connectivity index is 2.12. The third kappa shape index (κ3) is 2.94. The van der Waals surface area contributed by atoms with Crippen molar-refractivity contribution in [3.05, 3.63) is 59.2 Å². The summed E-state index contributed by atoms with van der Waals surface area (Å²) in [5.74, 6) is -1.29. The van der Waals surface area contributed by atoms with Crippen LogP contribution in [0, 0.1) is 5.21 Å². The number of hydrogen-bond acceptors (Lipinski definition) is 4. The average Bonchev–Trinajstić information content (AvgIpc) is 2.37. The molecule has 1 aromatic carbocycles. The molecule has 1 heterocycles. The van der Waals surface area contributed by atoms with E-state index in [0.717, 1.165) is 18.0 Å². The van der Waals surface area contributed by atoms with Crippen LogP contribution in [0.2, 0.25) is 0 Å². The average molecular weight is 246 g/mol. The zero-order valence-corrected chi connectivity index (χ0v) is 9.31. The van der Waals surface area contributed by atoms with E-state index in [1.807, 2.05) is 30.3 Å². The molecule has 0 amide bonds. The molecule has 2 aromatic rings. The maximum atomic E-state index is 11.2. The number of nitrogens with zero attached hydrogens (tertiary/aromatic N) is 2. The highest BCUT2D eigenvalue weighted by Gasteiger charge is 2.12. The molecule has 0 spiro atoms. The maximum absolute atomic E-state index is 11.2. The van der Waals surface area contributed by atoms with Crippen LogP contribution in [0.5, 0.6) is 5.88 Å². The molecule has 1 aromatic heterocycles. The van der Waals surface area contributed by atoms with Gasteiger partial charge in [-0.1, -0.05) is 30.3 Å². The molecule has 6 nitrogen and oxygen atoms in total. The lowest BCUT2D eigenvalue weighted by Crippen LogP contribution is -2.28. The van der Waals surface area contributed by atoms with Gasteiger partial charge in [-0.15, -0.1) is 0 Å². The second kappa shape index (κ2) is 5.13. The Hall–Kier alpha value is -2.63. The van der Waals surface area contributed by atoms with Crippen molar-refractivity contribution in [1.82, 2.24) is 4.98 Å². The zero-order chi connectivity index (χ0) is 13.0. The first kappa shape index (κ1) is 11.8. The van der Waals surface area contributed by atoms with Crippen molar-refractivity contribution >= 4 is 5.97 Å². The summed E-state index contributed by atoms with van der Waals surface area (Å²) in [6.07, 6.45) is 1.95. The molecule has 92 valence electrons. The van der Waals surface area contributed by atoms with Gasteiger partial charge >= 0.3 is 5.97 Å². The van der Waals surface area contributed by atoms with Crippen LogP contribution in [-0.2, 0) is 6.61 Å². The fourth-order valence-corrected chi connectivity index (χ4v) is 1.35. The lowest BCUT2D eigenvalue weighted by atomic mass is 10.2. The zero-order valence-electron chi connectivity index (χ0n) is 9.31. The molecular weight excluding hydrogens is 236 g/mol. The lowest BCUT2D eigenvalue weighted by molar-refractivity contribution is -0.606. The number of aromatic carboxylic acids is 1. The smallest absolute Gasteiger partial charge is 0.360 e. The highest BCUT2D eigenvalue weighted by Crippen LogP contribution is 2.08. The first-order valence-corrected chi connectivity index (χ1v) is 5.16. The Morgan fingerprint density at radius 3 is 2.72 bits per heavy atom. The van der Waals surface area contributed by atoms with Crippen LogP contribution in [-0.4, -0.2) is 16.1 Å². The van der Waals surface area contributed by atoms with E-state index < -0.39 is 5.97 Å². The molecule has 0 unspecified atom stereocenters. The van der Waals surface area contributed by atoms with E-state index in [-0.39, 0.29) is 18.2 Å². The fourth-order valence-electron chi connectivity index (χ4n) is 1.35. The van der Waals surface area contributed by atoms with Gasteiger partial charge in [-0.25, -0.2) is 4.79 Å². The Kier molecular flexibility index (Phi) is 3.38. The van der Waals surface area contributed by atoms with E-state index in [1.165, 1.54) is 0 Å². The second-order valence-electron chi connectivity index (χ2n) is 3.53. The van der Waals surface area contributed by atoms with E-state index >= 15 is 0 Å². The lowest BCUT2D eigenvalue weighted by Gasteiger charge is -2.05. The van der Waals surface area contributed by atoms with Gasteiger partial charge in [0.1, 0.15) is 6.61 Å². The normalized spacial score (nSPS) is 10.0. The van der Waals surface area contributed by atoms with Crippen LogP contribution in [0.4, 0.5) is 0 Å². The molecule has 0 saturated heterocycles. The minimum atomic E-state index is -1.27. The molecule has 0 aliphatic rings. The van der Waals surface area contributed by atoms with Gasteiger partial charge in [0.2, 0.25) is 18.1 Å². The quantitative estimate of drug-likeness (QED) is 0.642. The van der Waals surface area contributed by atoms with Gasteiger partial charge < -0.3 is 15.1 Å². The van der Waals surface area contributed by atoms with Gasteiger partial charge in [0, 0.05) is 0 Å². The topological polar surface area (TPSA) is 86.4 Å². The van der Waals surface area contributed by atoms with Crippen LogP contribution in [0.1, 0.15) is 16.1 Å². The van der Waals surface area contributed by atoms with Crippen LogP contribution in [0.3, 0.4) is 0 Å². The van der Waals surface area contributed by atoms with E-state index in [4.69, 9.17) is 9.84 Å². The van der Waals surface area contributed by atoms with Crippen molar-refractivity contribution < 1.29 is 19.4 Å². The largest absolute Gasteiger partial charge is 0.618 e. The minimum absolute atomic E-state index is 0.0197. The summed E-state index contributed by atoms with van der Waals surface area (Å²) < 4.78 is 5.63. The minimum Gasteiger partial charge on any atom is -0.618 e. The molecule has 0 bridgehead atoms. The molecule has 18 heavy (non-hydrogen) atoms. The van der Waals surface area contributed by atoms with Gasteiger partial charge in [-0.05, 0) is 5.56 Å². The van der Waals surface area contributed by atoms with Crippen LogP contribution in [0.25, 0.3) is 0 Å². The maximum Gasteiger partial charge on any atom is 0.360 e. The Bertz CT molecular complexity index is 557. The molecule has 1 N–H and O–H groups in total. The first-order valence-electron chi connectivity index (χ1n) is 5.16. The highest BCUT2D eigenvalue weighted by molar-refractivity contribution is 5.84. The van der Waals surface area contributed by atoms with Crippen LogP contribution < -0.4 is 9.47 Å². The van der Waals surface area contributed by atoms with E-state index in [0.29, 0.717) is 4.73 Å². The van der Waals surface area contributed by atoms with Gasteiger partial charge in [0.15, 0.2) is 0 Å². The van der Waals surface area contributed by atoms with Crippen LogP contribution >= 0.6 is 0 Å². The number of carbonyl (C=O) groups is 1. The summed E-state index contributed by atoms with van der Waals surface area (Å²) in [6.45, 7) is 0.219. The summed E-state index contributed by atoms with van der Waals surface area (Å²) in [6, 6.07) is 9.29. The Morgan fingerprint density at radius 1 is 1.33 bits per heavy atom. The Morgan fingerprint density at radius 2 is 2.06 bits per heavy atom. The van der Waals surface area contributed by atoms with Gasteiger partial charge in [-0.2, -0.15) is 9.71 Å². The molecule has 0 aliphatic heterocycles. The third-order valence-electron chi connectivity index (χ3n) is 2.17. The highest BCUT2D eigenvalue weighted by atomic mass is 16.5. The molecule has 0 atom stereocenters. The molecule has 2 rings (SSSR count). The van der Waals surface area contributed by atoms with Crippen molar-refractivity contribution in [2.75, 3.05) is 0 Å². The summed E-state index contributed by atoms with van der Waals surface area (Å²) in [5.41, 5.74) is 0.549. The Labute approximate surface area is 103 Å². The second-order valence-corrected chi connectivity index (χ2v) is 3.53. The summed E-state index contributed by atoms with van der Waals surface area (Å²) in [7, 11) is 0. The predicted octanol–water partition coefficient (Wildman–Crippen LogP) is 0.992. The SMILES string of the molecule is O=C(O)c1c[n+]([O-])cc(OCc2ccccc2)n1.